The van der Waals surface area contributed by atoms with Crippen molar-refractivity contribution in [3.05, 3.63) is 11.6 Å². The maximum absolute atomic E-state index is 11.7. The predicted octanol–water partition coefficient (Wildman–Crippen LogP) is 3.59. The first-order chi connectivity index (χ1) is 6.93. The largest absolute Gasteiger partial charge is 0.300 e. The van der Waals surface area contributed by atoms with Crippen molar-refractivity contribution in [3.8, 4) is 0 Å². The first-order valence-electron chi connectivity index (χ1n) is 6.14. The Labute approximate surface area is 92.9 Å². The van der Waals surface area contributed by atoms with E-state index in [-0.39, 0.29) is 0 Å². The van der Waals surface area contributed by atoms with E-state index in [0.717, 1.165) is 12.8 Å². The highest BCUT2D eigenvalue weighted by atomic mass is 16.1. The van der Waals surface area contributed by atoms with Gasteiger partial charge in [0.1, 0.15) is 5.78 Å². The van der Waals surface area contributed by atoms with Crippen LogP contribution in [0.3, 0.4) is 0 Å². The number of allylic oxidation sites excluding steroid dienone is 2. The summed E-state index contributed by atoms with van der Waals surface area (Å²) in [6.07, 6.45) is 5.83. The van der Waals surface area contributed by atoms with E-state index in [4.69, 9.17) is 0 Å². The first-order valence-corrected chi connectivity index (χ1v) is 6.14. The van der Waals surface area contributed by atoms with Crippen LogP contribution in [0.4, 0.5) is 0 Å². The van der Waals surface area contributed by atoms with Crippen molar-refractivity contribution >= 4 is 5.78 Å². The van der Waals surface area contributed by atoms with Crippen molar-refractivity contribution in [3.63, 3.8) is 0 Å². The number of Topliss-reactive ketones (excluding diaryl/α,β-unsaturated/α-hetero) is 1. The highest BCUT2D eigenvalue weighted by Gasteiger charge is 2.48. The molecular weight excluding hydrogens is 184 g/mol. The molecule has 1 nitrogen and oxygen atoms in total. The molecule has 3 atom stereocenters. The Bertz CT molecular complexity index is 311. The molecule has 0 aromatic rings. The Morgan fingerprint density at radius 1 is 1.47 bits per heavy atom. The molecule has 84 valence electrons. The van der Waals surface area contributed by atoms with Crippen LogP contribution >= 0.6 is 0 Å². The lowest BCUT2D eigenvalue weighted by molar-refractivity contribution is -0.123. The molecule has 0 amide bonds. The van der Waals surface area contributed by atoms with E-state index in [1.165, 1.54) is 6.42 Å². The second-order valence-corrected chi connectivity index (χ2v) is 6.07. The fourth-order valence-corrected chi connectivity index (χ4v) is 3.93. The highest BCUT2D eigenvalue weighted by Crippen LogP contribution is 2.55. The van der Waals surface area contributed by atoms with Crippen molar-refractivity contribution < 1.29 is 4.79 Å². The maximum Gasteiger partial charge on any atom is 0.133 e. The average molecular weight is 206 g/mol. The number of fused-ring (bicyclic) bond motifs is 1. The van der Waals surface area contributed by atoms with Crippen LogP contribution in [0.25, 0.3) is 0 Å². The molecule has 0 saturated heterocycles. The predicted molar refractivity (Wildman–Crippen MR) is 62.5 cm³/mol. The zero-order chi connectivity index (χ0) is 11.2. The lowest BCUT2D eigenvalue weighted by Crippen LogP contribution is -2.32. The van der Waals surface area contributed by atoms with Crippen LogP contribution in [0.5, 0.6) is 0 Å². The third kappa shape index (κ3) is 1.66. The SMILES string of the molecule is CC(=O)C1CCC=C2C(C)CC(C)(C)C21. The topological polar surface area (TPSA) is 17.1 Å². The summed E-state index contributed by atoms with van der Waals surface area (Å²) in [6, 6.07) is 0. The van der Waals surface area contributed by atoms with Crippen LogP contribution in [0, 0.1) is 23.2 Å². The van der Waals surface area contributed by atoms with E-state index in [2.05, 4.69) is 26.8 Å². The van der Waals surface area contributed by atoms with Crippen LogP contribution in [0.2, 0.25) is 0 Å². The number of carbonyl (C=O) groups is 1. The summed E-state index contributed by atoms with van der Waals surface area (Å²) < 4.78 is 0. The lowest BCUT2D eigenvalue weighted by atomic mass is 9.68. The van der Waals surface area contributed by atoms with Crippen molar-refractivity contribution in [1.82, 2.24) is 0 Å². The van der Waals surface area contributed by atoms with Crippen LogP contribution in [-0.2, 0) is 4.79 Å². The molecule has 0 spiro atoms. The molecule has 0 N–H and O–H groups in total. The van der Waals surface area contributed by atoms with Crippen LogP contribution < -0.4 is 0 Å². The summed E-state index contributed by atoms with van der Waals surface area (Å²) in [4.78, 5) is 11.7. The van der Waals surface area contributed by atoms with Gasteiger partial charge in [0, 0.05) is 5.92 Å². The normalized spacial score (nSPS) is 38.4. The summed E-state index contributed by atoms with van der Waals surface area (Å²) in [5.41, 5.74) is 1.90. The molecule has 0 heterocycles. The molecule has 15 heavy (non-hydrogen) atoms. The molecule has 0 aromatic heterocycles. The van der Waals surface area contributed by atoms with Crippen LogP contribution in [-0.4, -0.2) is 5.78 Å². The van der Waals surface area contributed by atoms with Crippen molar-refractivity contribution in [2.75, 3.05) is 0 Å². The van der Waals surface area contributed by atoms with Gasteiger partial charge in [-0.2, -0.15) is 0 Å². The zero-order valence-corrected chi connectivity index (χ0v) is 10.3. The van der Waals surface area contributed by atoms with Gasteiger partial charge in [-0.15, -0.1) is 0 Å². The molecule has 2 rings (SSSR count). The number of rotatable bonds is 1. The number of carbonyl (C=O) groups excluding carboxylic acids is 1. The maximum atomic E-state index is 11.7. The Balaban J connectivity index is 2.37. The Hall–Kier alpha value is -0.590. The Kier molecular flexibility index (Phi) is 2.52. The summed E-state index contributed by atoms with van der Waals surface area (Å²) >= 11 is 0. The standard InChI is InChI=1S/C14H22O/c1-9-8-14(3,4)13-11(9)6-5-7-12(13)10(2)15/h6,9,12-13H,5,7-8H2,1-4H3. The van der Waals surface area contributed by atoms with Crippen molar-refractivity contribution in [2.24, 2.45) is 23.2 Å². The molecule has 0 bridgehead atoms. The van der Waals surface area contributed by atoms with Crippen LogP contribution in [0.15, 0.2) is 11.6 Å². The van der Waals surface area contributed by atoms with Crippen molar-refractivity contribution in [2.45, 2.75) is 47.0 Å². The van der Waals surface area contributed by atoms with Gasteiger partial charge in [-0.1, -0.05) is 32.4 Å². The lowest BCUT2D eigenvalue weighted by Gasteiger charge is -2.36. The van der Waals surface area contributed by atoms with E-state index in [9.17, 15) is 4.79 Å². The van der Waals surface area contributed by atoms with Gasteiger partial charge in [-0.05, 0) is 43.4 Å². The minimum absolute atomic E-state index is 0.296. The summed E-state index contributed by atoms with van der Waals surface area (Å²) in [5.74, 6) is 1.91. The van der Waals surface area contributed by atoms with E-state index >= 15 is 0 Å². The van der Waals surface area contributed by atoms with E-state index in [1.54, 1.807) is 12.5 Å². The summed E-state index contributed by atoms with van der Waals surface area (Å²) in [5, 5.41) is 0. The summed E-state index contributed by atoms with van der Waals surface area (Å²) in [7, 11) is 0. The fourth-order valence-electron chi connectivity index (χ4n) is 3.93. The minimum atomic E-state index is 0.296. The highest BCUT2D eigenvalue weighted by molar-refractivity contribution is 5.79. The monoisotopic (exact) mass is 206 g/mol. The van der Waals surface area contributed by atoms with Crippen molar-refractivity contribution in [1.29, 1.82) is 0 Å². The molecule has 1 heteroatoms. The molecular formula is C14H22O. The average Bonchev–Trinajstić information content (AvgIpc) is 2.37. The second-order valence-electron chi connectivity index (χ2n) is 6.07. The third-order valence-corrected chi connectivity index (χ3v) is 4.38. The van der Waals surface area contributed by atoms with Gasteiger partial charge in [0.15, 0.2) is 0 Å². The van der Waals surface area contributed by atoms with Gasteiger partial charge in [0.05, 0.1) is 0 Å². The zero-order valence-electron chi connectivity index (χ0n) is 10.3. The first kappa shape index (κ1) is 10.9. The van der Waals surface area contributed by atoms with Gasteiger partial charge in [-0.3, -0.25) is 4.79 Å². The second kappa shape index (κ2) is 3.47. The Morgan fingerprint density at radius 2 is 2.13 bits per heavy atom. The van der Waals surface area contributed by atoms with E-state index < -0.39 is 0 Å². The molecule has 1 fully saturated rings. The van der Waals surface area contributed by atoms with Crippen LogP contribution in [0.1, 0.15) is 47.0 Å². The Morgan fingerprint density at radius 3 is 2.73 bits per heavy atom. The molecule has 2 aliphatic carbocycles. The third-order valence-electron chi connectivity index (χ3n) is 4.38. The molecule has 2 aliphatic rings. The summed E-state index contributed by atoms with van der Waals surface area (Å²) in [6.45, 7) is 8.75. The van der Waals surface area contributed by atoms with Gasteiger partial charge < -0.3 is 0 Å². The number of hydrogen-bond donors (Lipinski definition) is 0. The van der Waals surface area contributed by atoms with Gasteiger partial charge in [0.2, 0.25) is 0 Å². The molecule has 1 saturated carbocycles. The molecule has 0 aliphatic heterocycles. The molecule has 3 unspecified atom stereocenters. The number of ketones is 1. The minimum Gasteiger partial charge on any atom is -0.300 e. The number of hydrogen-bond acceptors (Lipinski definition) is 1. The van der Waals surface area contributed by atoms with E-state index in [1.807, 2.05) is 0 Å². The van der Waals surface area contributed by atoms with E-state index in [0.29, 0.717) is 29.0 Å². The molecule has 0 aromatic carbocycles. The van der Waals surface area contributed by atoms with Gasteiger partial charge >= 0.3 is 0 Å². The fraction of sp³-hybridized carbons (Fsp3) is 0.786. The quantitative estimate of drug-likeness (QED) is 0.599. The van der Waals surface area contributed by atoms with Gasteiger partial charge in [0.25, 0.3) is 0 Å². The van der Waals surface area contributed by atoms with Gasteiger partial charge in [-0.25, -0.2) is 0 Å². The molecule has 0 radical (unpaired) electrons. The smallest absolute Gasteiger partial charge is 0.133 e.